The fourth-order valence-corrected chi connectivity index (χ4v) is 2.90. The van der Waals surface area contributed by atoms with Crippen molar-refractivity contribution in [2.24, 2.45) is 22.7 Å². The van der Waals surface area contributed by atoms with Crippen molar-refractivity contribution in [3.63, 3.8) is 0 Å². The molecule has 4 heteroatoms. The smallest absolute Gasteiger partial charge is 0.228 e. The number of aliphatic hydroxyl groups is 1. The predicted molar refractivity (Wildman–Crippen MR) is 88.4 cm³/mol. The lowest BCUT2D eigenvalue weighted by molar-refractivity contribution is -0.143. The van der Waals surface area contributed by atoms with Gasteiger partial charge in [-0.25, -0.2) is 0 Å². The maximum Gasteiger partial charge on any atom is 0.228 e. The van der Waals surface area contributed by atoms with Crippen molar-refractivity contribution in [3.8, 4) is 0 Å². The lowest BCUT2D eigenvalue weighted by Gasteiger charge is -2.40. The molecule has 0 spiro atoms. The van der Waals surface area contributed by atoms with Crippen LogP contribution in [-0.4, -0.2) is 41.4 Å². The van der Waals surface area contributed by atoms with Crippen LogP contribution in [-0.2, 0) is 9.59 Å². The summed E-state index contributed by atoms with van der Waals surface area (Å²) in [5.41, 5.74) is -0.293. The van der Waals surface area contributed by atoms with Crippen LogP contribution in [0.5, 0.6) is 0 Å². The van der Waals surface area contributed by atoms with E-state index in [1.807, 2.05) is 25.7 Å². The molecule has 1 fully saturated rings. The number of hydrogen-bond acceptors (Lipinski definition) is 3. The van der Waals surface area contributed by atoms with Crippen LogP contribution in [0.1, 0.15) is 60.8 Å². The van der Waals surface area contributed by atoms with Gasteiger partial charge in [-0.05, 0) is 24.2 Å². The Bertz CT molecular complexity index is 404. The summed E-state index contributed by atoms with van der Waals surface area (Å²) in [6.07, 6.45) is 2.27. The molecule has 0 saturated carbocycles. The van der Waals surface area contributed by atoms with Crippen molar-refractivity contribution in [3.05, 3.63) is 0 Å². The van der Waals surface area contributed by atoms with Crippen LogP contribution in [0.4, 0.5) is 0 Å². The Hall–Kier alpha value is -0.900. The van der Waals surface area contributed by atoms with E-state index >= 15 is 0 Å². The second-order valence-electron chi connectivity index (χ2n) is 8.75. The molecule has 0 aromatic heterocycles. The SMILES string of the molecule is CC(C)(C)C(=O)CC(CO)C(=O)N1CCCC(C(C)(C)C)C1. The molecule has 2 unspecified atom stereocenters. The Morgan fingerprint density at radius 3 is 2.23 bits per heavy atom. The maximum atomic E-state index is 12.7. The molecule has 2 atom stereocenters. The van der Waals surface area contributed by atoms with Crippen molar-refractivity contribution in [1.29, 1.82) is 0 Å². The number of likely N-dealkylation sites (tertiary alicyclic amines) is 1. The van der Waals surface area contributed by atoms with E-state index < -0.39 is 11.3 Å². The second kappa shape index (κ2) is 7.12. The number of amides is 1. The van der Waals surface area contributed by atoms with Gasteiger partial charge in [0.25, 0.3) is 0 Å². The fraction of sp³-hybridized carbons (Fsp3) is 0.889. The molecule has 1 aliphatic heterocycles. The van der Waals surface area contributed by atoms with Gasteiger partial charge in [-0.1, -0.05) is 41.5 Å². The van der Waals surface area contributed by atoms with Crippen LogP contribution in [0.25, 0.3) is 0 Å². The van der Waals surface area contributed by atoms with E-state index in [9.17, 15) is 14.7 Å². The van der Waals surface area contributed by atoms with Gasteiger partial charge in [0.2, 0.25) is 5.91 Å². The lowest BCUT2D eigenvalue weighted by Crippen LogP contribution is -2.47. The van der Waals surface area contributed by atoms with E-state index in [4.69, 9.17) is 0 Å². The van der Waals surface area contributed by atoms with Crippen LogP contribution in [0, 0.1) is 22.7 Å². The van der Waals surface area contributed by atoms with Gasteiger partial charge in [0.1, 0.15) is 5.78 Å². The third kappa shape index (κ3) is 5.08. The average Bonchev–Trinajstić information content (AvgIpc) is 2.42. The Kier molecular flexibility index (Phi) is 6.19. The molecule has 0 bridgehead atoms. The Morgan fingerprint density at radius 2 is 1.77 bits per heavy atom. The van der Waals surface area contributed by atoms with Gasteiger partial charge in [-0.2, -0.15) is 0 Å². The van der Waals surface area contributed by atoms with Crippen molar-refractivity contribution in [2.45, 2.75) is 60.8 Å². The molecule has 1 heterocycles. The van der Waals surface area contributed by atoms with E-state index in [0.29, 0.717) is 5.92 Å². The zero-order chi connectivity index (χ0) is 17.1. The minimum atomic E-state index is -0.592. The van der Waals surface area contributed by atoms with Crippen LogP contribution in [0.15, 0.2) is 0 Å². The largest absolute Gasteiger partial charge is 0.396 e. The second-order valence-corrected chi connectivity index (χ2v) is 8.75. The maximum absolute atomic E-state index is 12.7. The average molecular weight is 311 g/mol. The molecule has 0 aliphatic carbocycles. The quantitative estimate of drug-likeness (QED) is 0.868. The van der Waals surface area contributed by atoms with Crippen LogP contribution in [0.3, 0.4) is 0 Å². The summed E-state index contributed by atoms with van der Waals surface area (Å²) in [5, 5.41) is 9.57. The standard InChI is InChI=1S/C18H33NO3/c1-17(2,3)14-8-7-9-19(11-14)16(22)13(12-20)10-15(21)18(4,5)6/h13-14,20H,7-12H2,1-6H3. The van der Waals surface area contributed by atoms with E-state index in [0.717, 1.165) is 25.9 Å². The number of aliphatic hydroxyl groups excluding tert-OH is 1. The highest BCUT2D eigenvalue weighted by atomic mass is 16.3. The van der Waals surface area contributed by atoms with Crippen molar-refractivity contribution >= 4 is 11.7 Å². The zero-order valence-electron chi connectivity index (χ0n) is 15.1. The highest BCUT2D eigenvalue weighted by molar-refractivity contribution is 5.89. The summed E-state index contributed by atoms with van der Waals surface area (Å²) in [7, 11) is 0. The van der Waals surface area contributed by atoms with Crippen LogP contribution in [0.2, 0.25) is 0 Å². The van der Waals surface area contributed by atoms with Gasteiger partial charge >= 0.3 is 0 Å². The predicted octanol–water partition coefficient (Wildman–Crippen LogP) is 2.88. The Morgan fingerprint density at radius 1 is 1.18 bits per heavy atom. The van der Waals surface area contributed by atoms with E-state index in [1.165, 1.54) is 0 Å². The molecule has 0 aromatic rings. The summed E-state index contributed by atoms with van der Waals surface area (Å²) >= 11 is 0. The monoisotopic (exact) mass is 311 g/mol. The first-order valence-corrected chi connectivity index (χ1v) is 8.39. The first-order chi connectivity index (χ1) is 9.96. The molecular weight excluding hydrogens is 278 g/mol. The molecule has 128 valence electrons. The zero-order valence-corrected chi connectivity index (χ0v) is 15.1. The molecule has 4 nitrogen and oxygen atoms in total. The van der Waals surface area contributed by atoms with Crippen LogP contribution < -0.4 is 0 Å². The molecule has 1 saturated heterocycles. The summed E-state index contributed by atoms with van der Waals surface area (Å²) in [5.74, 6) is -0.147. The molecule has 0 aromatic carbocycles. The van der Waals surface area contributed by atoms with E-state index in [-0.39, 0.29) is 30.1 Å². The minimum Gasteiger partial charge on any atom is -0.396 e. The fourth-order valence-electron chi connectivity index (χ4n) is 2.90. The third-order valence-corrected chi connectivity index (χ3v) is 4.80. The van der Waals surface area contributed by atoms with E-state index in [1.54, 1.807) is 0 Å². The number of hydrogen-bond donors (Lipinski definition) is 1. The summed E-state index contributed by atoms with van der Waals surface area (Å²) in [6, 6.07) is 0. The highest BCUT2D eigenvalue weighted by Crippen LogP contribution is 2.34. The number of nitrogens with zero attached hydrogens (tertiary/aromatic N) is 1. The number of ketones is 1. The number of Topliss-reactive ketones (excluding diaryl/α,β-unsaturated/α-hetero) is 1. The Labute approximate surface area is 135 Å². The van der Waals surface area contributed by atoms with Gasteiger partial charge < -0.3 is 10.0 Å². The van der Waals surface area contributed by atoms with Gasteiger partial charge in [0.15, 0.2) is 0 Å². The molecule has 1 aliphatic rings. The topological polar surface area (TPSA) is 57.6 Å². The molecule has 1 rings (SSSR count). The van der Waals surface area contributed by atoms with E-state index in [2.05, 4.69) is 20.8 Å². The molecule has 0 radical (unpaired) electrons. The van der Waals surface area contributed by atoms with Crippen molar-refractivity contribution in [2.75, 3.05) is 19.7 Å². The van der Waals surface area contributed by atoms with Gasteiger partial charge in [0, 0.05) is 24.9 Å². The molecule has 22 heavy (non-hydrogen) atoms. The number of carbonyl (C=O) groups is 2. The summed E-state index contributed by atoms with van der Waals surface area (Å²) in [4.78, 5) is 26.7. The first kappa shape index (κ1) is 19.1. The third-order valence-electron chi connectivity index (χ3n) is 4.80. The van der Waals surface area contributed by atoms with Gasteiger partial charge in [-0.3, -0.25) is 9.59 Å². The van der Waals surface area contributed by atoms with Crippen molar-refractivity contribution in [1.82, 2.24) is 4.90 Å². The Balaban J connectivity index is 2.73. The number of rotatable bonds is 4. The van der Waals surface area contributed by atoms with Gasteiger partial charge in [-0.15, -0.1) is 0 Å². The molecule has 1 N–H and O–H groups in total. The molecule has 1 amide bonds. The highest BCUT2D eigenvalue weighted by Gasteiger charge is 2.35. The number of piperidine rings is 1. The van der Waals surface area contributed by atoms with Crippen LogP contribution >= 0.6 is 0 Å². The van der Waals surface area contributed by atoms with Crippen molar-refractivity contribution < 1.29 is 14.7 Å². The minimum absolute atomic E-state index is 0.0317. The van der Waals surface area contributed by atoms with Gasteiger partial charge in [0.05, 0.1) is 12.5 Å². The number of carbonyl (C=O) groups excluding carboxylic acids is 2. The summed E-state index contributed by atoms with van der Waals surface area (Å²) < 4.78 is 0. The lowest BCUT2D eigenvalue weighted by atomic mass is 9.76. The summed E-state index contributed by atoms with van der Waals surface area (Å²) in [6.45, 7) is 13.4. The molecular formula is C18H33NO3. The normalized spacial score (nSPS) is 21.6. The first-order valence-electron chi connectivity index (χ1n) is 8.39.